The lowest BCUT2D eigenvalue weighted by Gasteiger charge is -2.22. The van der Waals surface area contributed by atoms with Crippen LogP contribution >= 0.6 is 0 Å². The molecule has 2 heterocycles. The number of pyridine rings is 1. The van der Waals surface area contributed by atoms with Crippen LogP contribution in [0.1, 0.15) is 18.2 Å². The van der Waals surface area contributed by atoms with Gasteiger partial charge in [0.2, 0.25) is 0 Å². The van der Waals surface area contributed by atoms with Gasteiger partial charge in [0.15, 0.2) is 0 Å². The van der Waals surface area contributed by atoms with Crippen molar-refractivity contribution in [3.63, 3.8) is 0 Å². The SMILES string of the molecule is C[C@@](O)(c1ccncc1)c1cc2ccccc2[nH]1. The molecule has 0 unspecified atom stereocenters. The maximum absolute atomic E-state index is 10.7. The minimum absolute atomic E-state index is 0.787. The molecule has 0 saturated heterocycles. The number of nitrogens with zero attached hydrogens (tertiary/aromatic N) is 1. The highest BCUT2D eigenvalue weighted by molar-refractivity contribution is 5.80. The molecule has 0 aliphatic carbocycles. The van der Waals surface area contributed by atoms with Crippen LogP contribution < -0.4 is 0 Å². The van der Waals surface area contributed by atoms with E-state index in [1.807, 2.05) is 42.5 Å². The fraction of sp³-hybridized carbons (Fsp3) is 0.133. The van der Waals surface area contributed by atoms with Gasteiger partial charge < -0.3 is 10.1 Å². The second-order valence-corrected chi connectivity index (χ2v) is 4.58. The average Bonchev–Trinajstić information content (AvgIpc) is 2.84. The maximum Gasteiger partial charge on any atom is 0.127 e. The van der Waals surface area contributed by atoms with Gasteiger partial charge in [0.05, 0.1) is 5.69 Å². The van der Waals surface area contributed by atoms with E-state index >= 15 is 0 Å². The summed E-state index contributed by atoms with van der Waals surface area (Å²) < 4.78 is 0. The Labute approximate surface area is 105 Å². The van der Waals surface area contributed by atoms with Crippen molar-refractivity contribution in [2.24, 2.45) is 0 Å². The van der Waals surface area contributed by atoms with Gasteiger partial charge in [-0.25, -0.2) is 0 Å². The molecule has 18 heavy (non-hydrogen) atoms. The summed E-state index contributed by atoms with van der Waals surface area (Å²) in [5.41, 5.74) is 1.60. The van der Waals surface area contributed by atoms with Crippen molar-refractivity contribution in [1.82, 2.24) is 9.97 Å². The number of aromatic amines is 1. The zero-order valence-electron chi connectivity index (χ0n) is 10.1. The third kappa shape index (κ3) is 1.69. The first-order valence-corrected chi connectivity index (χ1v) is 5.89. The Hall–Kier alpha value is -2.13. The molecule has 0 amide bonds. The van der Waals surface area contributed by atoms with Crippen molar-refractivity contribution in [1.29, 1.82) is 0 Å². The van der Waals surface area contributed by atoms with Crippen LogP contribution in [0, 0.1) is 0 Å². The molecule has 90 valence electrons. The summed E-state index contributed by atoms with van der Waals surface area (Å²) in [4.78, 5) is 7.24. The van der Waals surface area contributed by atoms with Gasteiger partial charge in [0, 0.05) is 17.9 Å². The molecule has 0 aliphatic rings. The normalized spacial score (nSPS) is 14.6. The summed E-state index contributed by atoms with van der Waals surface area (Å²) in [5.74, 6) is 0. The first kappa shape index (κ1) is 11.0. The molecular weight excluding hydrogens is 224 g/mol. The maximum atomic E-state index is 10.7. The fourth-order valence-corrected chi connectivity index (χ4v) is 2.17. The van der Waals surface area contributed by atoms with E-state index in [4.69, 9.17) is 0 Å². The number of fused-ring (bicyclic) bond motifs is 1. The summed E-state index contributed by atoms with van der Waals surface area (Å²) in [6.07, 6.45) is 3.37. The molecule has 3 aromatic rings. The predicted octanol–water partition coefficient (Wildman–Crippen LogP) is 2.82. The molecule has 2 aromatic heterocycles. The monoisotopic (exact) mass is 238 g/mol. The first-order chi connectivity index (χ1) is 8.68. The van der Waals surface area contributed by atoms with Crippen molar-refractivity contribution < 1.29 is 5.11 Å². The van der Waals surface area contributed by atoms with Crippen LogP contribution in [0.2, 0.25) is 0 Å². The van der Waals surface area contributed by atoms with E-state index in [1.54, 1.807) is 19.3 Å². The summed E-state index contributed by atoms with van der Waals surface area (Å²) in [6, 6.07) is 13.6. The summed E-state index contributed by atoms with van der Waals surface area (Å²) in [5, 5.41) is 11.8. The highest BCUT2D eigenvalue weighted by Crippen LogP contribution is 2.30. The van der Waals surface area contributed by atoms with Gasteiger partial charge >= 0.3 is 0 Å². The third-order valence-electron chi connectivity index (χ3n) is 3.30. The molecule has 0 bridgehead atoms. The molecule has 0 spiro atoms. The molecule has 0 saturated carbocycles. The molecule has 3 rings (SSSR count). The number of nitrogens with one attached hydrogen (secondary N) is 1. The Balaban J connectivity index is 2.13. The van der Waals surface area contributed by atoms with E-state index in [0.29, 0.717) is 0 Å². The van der Waals surface area contributed by atoms with Crippen molar-refractivity contribution in [3.05, 3.63) is 66.1 Å². The van der Waals surface area contributed by atoms with Crippen LogP contribution in [0.25, 0.3) is 10.9 Å². The number of hydrogen-bond acceptors (Lipinski definition) is 2. The Morgan fingerprint density at radius 3 is 2.56 bits per heavy atom. The van der Waals surface area contributed by atoms with Crippen molar-refractivity contribution >= 4 is 10.9 Å². The highest BCUT2D eigenvalue weighted by Gasteiger charge is 2.27. The van der Waals surface area contributed by atoms with Crippen LogP contribution in [0.15, 0.2) is 54.9 Å². The second-order valence-electron chi connectivity index (χ2n) is 4.58. The van der Waals surface area contributed by atoms with Gasteiger partial charge in [-0.1, -0.05) is 18.2 Å². The molecule has 1 aromatic carbocycles. The number of hydrogen-bond donors (Lipinski definition) is 2. The topological polar surface area (TPSA) is 48.9 Å². The second kappa shape index (κ2) is 3.96. The smallest absolute Gasteiger partial charge is 0.127 e. The molecule has 2 N–H and O–H groups in total. The van der Waals surface area contributed by atoms with E-state index in [1.165, 1.54) is 0 Å². The first-order valence-electron chi connectivity index (χ1n) is 5.89. The van der Waals surface area contributed by atoms with Crippen molar-refractivity contribution in [2.75, 3.05) is 0 Å². The van der Waals surface area contributed by atoms with Crippen LogP contribution in [0.5, 0.6) is 0 Å². The largest absolute Gasteiger partial charge is 0.379 e. The van der Waals surface area contributed by atoms with E-state index in [2.05, 4.69) is 9.97 Å². The minimum atomic E-state index is -1.04. The number of rotatable bonds is 2. The van der Waals surface area contributed by atoms with Gasteiger partial charge in [0.25, 0.3) is 0 Å². The van der Waals surface area contributed by atoms with Gasteiger partial charge in [-0.3, -0.25) is 4.98 Å². The molecule has 0 fully saturated rings. The summed E-state index contributed by atoms with van der Waals surface area (Å²) in [6.45, 7) is 1.78. The highest BCUT2D eigenvalue weighted by atomic mass is 16.3. The predicted molar refractivity (Wildman–Crippen MR) is 71.2 cm³/mol. The third-order valence-corrected chi connectivity index (χ3v) is 3.30. The van der Waals surface area contributed by atoms with Gasteiger partial charge in [-0.15, -0.1) is 0 Å². The standard InChI is InChI=1S/C15H14N2O/c1-15(18,12-6-8-16-9-7-12)14-10-11-4-2-3-5-13(11)17-14/h2-10,17-18H,1H3/t15-/m1/s1. The molecule has 0 radical (unpaired) electrons. The Bertz CT molecular complexity index is 638. The average molecular weight is 238 g/mol. The zero-order chi connectivity index (χ0) is 12.6. The Morgan fingerprint density at radius 2 is 1.83 bits per heavy atom. The number of benzene rings is 1. The van der Waals surface area contributed by atoms with Crippen LogP contribution in [-0.2, 0) is 5.60 Å². The number of aromatic nitrogens is 2. The van der Waals surface area contributed by atoms with E-state index in [0.717, 1.165) is 22.2 Å². The zero-order valence-corrected chi connectivity index (χ0v) is 10.1. The van der Waals surface area contributed by atoms with Crippen molar-refractivity contribution in [3.8, 4) is 0 Å². The lowest BCUT2D eigenvalue weighted by atomic mass is 9.93. The molecule has 1 atom stereocenters. The molecule has 3 nitrogen and oxygen atoms in total. The molecule has 3 heteroatoms. The number of aliphatic hydroxyl groups is 1. The Kier molecular flexibility index (Phi) is 2.42. The minimum Gasteiger partial charge on any atom is -0.379 e. The van der Waals surface area contributed by atoms with Crippen LogP contribution in [0.4, 0.5) is 0 Å². The van der Waals surface area contributed by atoms with Gasteiger partial charge in [0.1, 0.15) is 5.60 Å². The fourth-order valence-electron chi connectivity index (χ4n) is 2.17. The van der Waals surface area contributed by atoms with Crippen LogP contribution in [-0.4, -0.2) is 15.1 Å². The van der Waals surface area contributed by atoms with Crippen molar-refractivity contribution in [2.45, 2.75) is 12.5 Å². The number of para-hydroxylation sites is 1. The quantitative estimate of drug-likeness (QED) is 0.721. The van der Waals surface area contributed by atoms with Crippen LogP contribution in [0.3, 0.4) is 0 Å². The van der Waals surface area contributed by atoms with Gasteiger partial charge in [-0.05, 0) is 42.1 Å². The van der Waals surface area contributed by atoms with E-state index < -0.39 is 5.60 Å². The van der Waals surface area contributed by atoms with Gasteiger partial charge in [-0.2, -0.15) is 0 Å². The van der Waals surface area contributed by atoms with E-state index in [9.17, 15) is 5.11 Å². The summed E-state index contributed by atoms with van der Waals surface area (Å²) in [7, 11) is 0. The lowest BCUT2D eigenvalue weighted by Crippen LogP contribution is -2.23. The molecular formula is C15H14N2O. The van der Waals surface area contributed by atoms with E-state index in [-0.39, 0.29) is 0 Å². The molecule has 0 aliphatic heterocycles. The Morgan fingerprint density at radius 1 is 1.11 bits per heavy atom. The lowest BCUT2D eigenvalue weighted by molar-refractivity contribution is 0.0981. The summed E-state index contributed by atoms with van der Waals surface area (Å²) >= 11 is 0. The number of H-pyrrole nitrogens is 1.